The second-order valence-corrected chi connectivity index (χ2v) is 5.39. The first kappa shape index (κ1) is 17.9. The largest absolute Gasteiger partial charge is 0.493 e. The summed E-state index contributed by atoms with van der Waals surface area (Å²) in [5, 5.41) is 12.0. The van der Waals surface area contributed by atoms with Crippen molar-refractivity contribution in [1.29, 1.82) is 5.26 Å². The number of hydrogen-bond donors (Lipinski definition) is 1. The van der Waals surface area contributed by atoms with E-state index in [1.54, 1.807) is 6.07 Å². The predicted octanol–water partition coefficient (Wildman–Crippen LogP) is 2.03. The minimum absolute atomic E-state index is 0.0616. The average Bonchev–Trinajstić information content (AvgIpc) is 2.55. The van der Waals surface area contributed by atoms with Crippen LogP contribution in [0.3, 0.4) is 0 Å². The number of ether oxygens (including phenoxy) is 3. The lowest BCUT2D eigenvalue weighted by Gasteiger charge is -2.31. The Morgan fingerprint density at radius 1 is 1.42 bits per heavy atom. The van der Waals surface area contributed by atoms with Gasteiger partial charge >= 0.3 is 6.61 Å². The van der Waals surface area contributed by atoms with Crippen LogP contribution in [-0.4, -0.2) is 38.4 Å². The number of nitrogens with zero attached hydrogens (tertiary/aromatic N) is 1. The highest BCUT2D eigenvalue weighted by molar-refractivity contribution is 5.80. The Kier molecular flexibility index (Phi) is 5.93. The predicted molar refractivity (Wildman–Crippen MR) is 79.9 cm³/mol. The highest BCUT2D eigenvalue weighted by atomic mass is 19.3. The van der Waals surface area contributed by atoms with Crippen LogP contribution in [0.2, 0.25) is 0 Å². The number of rotatable bonds is 6. The van der Waals surface area contributed by atoms with E-state index in [-0.39, 0.29) is 23.8 Å². The van der Waals surface area contributed by atoms with Gasteiger partial charge in [-0.1, -0.05) is 6.07 Å². The van der Waals surface area contributed by atoms with Crippen LogP contribution in [-0.2, 0) is 16.0 Å². The Morgan fingerprint density at radius 3 is 2.71 bits per heavy atom. The van der Waals surface area contributed by atoms with Gasteiger partial charge in [-0.25, -0.2) is 0 Å². The van der Waals surface area contributed by atoms with Crippen molar-refractivity contribution in [3.05, 3.63) is 23.8 Å². The molecule has 130 valence electrons. The van der Waals surface area contributed by atoms with E-state index < -0.39 is 12.2 Å². The summed E-state index contributed by atoms with van der Waals surface area (Å²) in [6.07, 6.45) is 0.767. The topological polar surface area (TPSA) is 80.6 Å². The maximum Gasteiger partial charge on any atom is 0.387 e. The molecular weight excluding hydrogens is 322 g/mol. The van der Waals surface area contributed by atoms with E-state index in [1.165, 1.54) is 19.2 Å². The summed E-state index contributed by atoms with van der Waals surface area (Å²) < 4.78 is 39.4. The Morgan fingerprint density at radius 2 is 2.12 bits per heavy atom. The molecule has 1 aromatic carbocycles. The molecule has 2 rings (SSSR count). The molecule has 0 unspecified atom stereocenters. The number of methoxy groups -OCH3 is 1. The van der Waals surface area contributed by atoms with Crippen molar-refractivity contribution < 1.29 is 27.8 Å². The molecule has 1 aliphatic heterocycles. The van der Waals surface area contributed by atoms with Crippen LogP contribution in [0.15, 0.2) is 18.2 Å². The van der Waals surface area contributed by atoms with Gasteiger partial charge in [0.25, 0.3) is 0 Å². The molecule has 1 heterocycles. The smallest absolute Gasteiger partial charge is 0.387 e. The average molecular weight is 340 g/mol. The van der Waals surface area contributed by atoms with Crippen molar-refractivity contribution in [2.75, 3.05) is 20.3 Å². The highest BCUT2D eigenvalue weighted by Crippen LogP contribution is 2.29. The molecule has 0 aliphatic carbocycles. The summed E-state index contributed by atoms with van der Waals surface area (Å²) in [5.41, 5.74) is -0.464. The molecule has 0 spiro atoms. The standard InChI is InChI=1S/C16H18F2N2O4/c1-22-12-3-2-11(8-13(12)24-15(17)18)9-14(21)20-16(10-19)4-6-23-7-5-16/h2-3,8,15H,4-7,9H2,1H3,(H,20,21). The van der Waals surface area contributed by atoms with Crippen LogP contribution in [0.1, 0.15) is 18.4 Å². The van der Waals surface area contributed by atoms with E-state index in [0.29, 0.717) is 31.6 Å². The summed E-state index contributed by atoms with van der Waals surface area (Å²) in [7, 11) is 1.34. The van der Waals surface area contributed by atoms with Crippen LogP contribution in [0.4, 0.5) is 8.78 Å². The number of halogens is 2. The first-order valence-electron chi connectivity index (χ1n) is 7.40. The molecule has 1 fully saturated rings. The second-order valence-electron chi connectivity index (χ2n) is 5.39. The lowest BCUT2D eigenvalue weighted by molar-refractivity contribution is -0.122. The maximum absolute atomic E-state index is 12.4. The zero-order valence-corrected chi connectivity index (χ0v) is 13.2. The van der Waals surface area contributed by atoms with Crippen molar-refractivity contribution in [3.8, 4) is 17.6 Å². The van der Waals surface area contributed by atoms with Gasteiger partial charge < -0.3 is 19.5 Å². The van der Waals surface area contributed by atoms with E-state index in [1.807, 2.05) is 0 Å². The van der Waals surface area contributed by atoms with Gasteiger partial charge in [-0.15, -0.1) is 0 Å². The molecule has 8 heteroatoms. The van der Waals surface area contributed by atoms with Crippen LogP contribution < -0.4 is 14.8 Å². The summed E-state index contributed by atoms with van der Waals surface area (Å²) in [6, 6.07) is 6.50. The molecule has 24 heavy (non-hydrogen) atoms. The first-order valence-corrected chi connectivity index (χ1v) is 7.40. The third-order valence-corrected chi connectivity index (χ3v) is 3.75. The fourth-order valence-electron chi connectivity index (χ4n) is 2.50. The maximum atomic E-state index is 12.4. The van der Waals surface area contributed by atoms with Crippen LogP contribution in [0, 0.1) is 11.3 Å². The zero-order chi connectivity index (χ0) is 17.6. The Hall–Kier alpha value is -2.40. The second kappa shape index (κ2) is 7.93. The molecule has 1 aliphatic rings. The SMILES string of the molecule is COc1ccc(CC(=O)NC2(C#N)CCOCC2)cc1OC(F)F. The summed E-state index contributed by atoms with van der Waals surface area (Å²) in [6.45, 7) is -2.18. The van der Waals surface area contributed by atoms with E-state index in [9.17, 15) is 18.8 Å². The van der Waals surface area contributed by atoms with E-state index >= 15 is 0 Å². The van der Waals surface area contributed by atoms with E-state index in [4.69, 9.17) is 9.47 Å². The molecule has 0 aromatic heterocycles. The van der Waals surface area contributed by atoms with Crippen molar-refractivity contribution in [3.63, 3.8) is 0 Å². The van der Waals surface area contributed by atoms with Gasteiger partial charge in [0.2, 0.25) is 5.91 Å². The van der Waals surface area contributed by atoms with E-state index in [2.05, 4.69) is 16.1 Å². The Balaban J connectivity index is 2.07. The number of carbonyl (C=O) groups excluding carboxylic acids is 1. The van der Waals surface area contributed by atoms with Gasteiger partial charge in [0, 0.05) is 26.1 Å². The summed E-state index contributed by atoms with van der Waals surface area (Å²) >= 11 is 0. The molecule has 6 nitrogen and oxygen atoms in total. The molecule has 0 saturated carbocycles. The molecule has 0 bridgehead atoms. The molecule has 0 atom stereocenters. The van der Waals surface area contributed by atoms with E-state index in [0.717, 1.165) is 0 Å². The zero-order valence-electron chi connectivity index (χ0n) is 13.2. The fourth-order valence-corrected chi connectivity index (χ4v) is 2.50. The van der Waals surface area contributed by atoms with Gasteiger partial charge in [-0.3, -0.25) is 4.79 Å². The van der Waals surface area contributed by atoms with Gasteiger partial charge in [0.05, 0.1) is 19.6 Å². The monoisotopic (exact) mass is 340 g/mol. The van der Waals surface area contributed by atoms with Crippen LogP contribution in [0.25, 0.3) is 0 Å². The quantitative estimate of drug-likeness (QED) is 0.857. The Bertz CT molecular complexity index is 625. The number of hydrogen-bond acceptors (Lipinski definition) is 5. The van der Waals surface area contributed by atoms with Crippen molar-refractivity contribution in [2.45, 2.75) is 31.4 Å². The molecule has 0 radical (unpaired) electrons. The van der Waals surface area contributed by atoms with Crippen LogP contribution in [0.5, 0.6) is 11.5 Å². The fraction of sp³-hybridized carbons (Fsp3) is 0.500. The van der Waals surface area contributed by atoms with Crippen molar-refractivity contribution >= 4 is 5.91 Å². The number of amides is 1. The molecule has 1 saturated heterocycles. The first-order chi connectivity index (χ1) is 11.5. The third-order valence-electron chi connectivity index (χ3n) is 3.75. The van der Waals surface area contributed by atoms with Gasteiger partial charge in [0.15, 0.2) is 11.5 Å². The molecule has 1 N–H and O–H groups in total. The van der Waals surface area contributed by atoms with Crippen molar-refractivity contribution in [1.82, 2.24) is 5.32 Å². The third kappa shape index (κ3) is 4.55. The lowest BCUT2D eigenvalue weighted by Crippen LogP contribution is -2.51. The van der Waals surface area contributed by atoms with Gasteiger partial charge in [-0.2, -0.15) is 14.0 Å². The Labute approximate surface area is 138 Å². The minimum atomic E-state index is -2.99. The number of alkyl halides is 2. The normalized spacial score (nSPS) is 16.3. The number of nitriles is 1. The van der Waals surface area contributed by atoms with Crippen molar-refractivity contribution in [2.24, 2.45) is 0 Å². The molecule has 1 aromatic rings. The summed E-state index contributed by atoms with van der Waals surface area (Å²) in [5.74, 6) is -0.358. The highest BCUT2D eigenvalue weighted by Gasteiger charge is 2.34. The molecule has 1 amide bonds. The van der Waals surface area contributed by atoms with Gasteiger partial charge in [-0.05, 0) is 17.7 Å². The van der Waals surface area contributed by atoms with Gasteiger partial charge in [0.1, 0.15) is 5.54 Å². The minimum Gasteiger partial charge on any atom is -0.493 e. The number of benzene rings is 1. The lowest BCUT2D eigenvalue weighted by atomic mass is 9.91. The summed E-state index contributed by atoms with van der Waals surface area (Å²) in [4.78, 5) is 12.2. The number of nitrogens with one attached hydrogen (secondary N) is 1. The number of carbonyl (C=O) groups is 1. The molecular formula is C16H18F2N2O4. The van der Waals surface area contributed by atoms with Crippen LogP contribution >= 0.6 is 0 Å².